The van der Waals surface area contributed by atoms with Gasteiger partial charge < -0.3 is 5.32 Å². The number of tetrazole rings is 1. The molecule has 1 aromatic heterocycles. The molecular formula is C19H20ClN5OS. The summed E-state index contributed by atoms with van der Waals surface area (Å²) in [4.78, 5) is 12.7. The van der Waals surface area contributed by atoms with Gasteiger partial charge in [0.05, 0.1) is 10.9 Å². The largest absolute Gasteiger partial charge is 0.325 e. The number of hydrogen-bond acceptors (Lipinski definition) is 5. The monoisotopic (exact) mass is 401 g/mol. The molecule has 0 aliphatic carbocycles. The second-order valence-corrected chi connectivity index (χ2v) is 8.12. The van der Waals surface area contributed by atoms with E-state index in [-0.39, 0.29) is 11.2 Å². The van der Waals surface area contributed by atoms with Gasteiger partial charge >= 0.3 is 0 Å². The number of nitrogens with zero attached hydrogens (tertiary/aromatic N) is 4. The van der Waals surface area contributed by atoms with Crippen molar-refractivity contribution in [3.05, 3.63) is 58.1 Å². The molecular weight excluding hydrogens is 382 g/mol. The van der Waals surface area contributed by atoms with E-state index >= 15 is 0 Å². The first-order chi connectivity index (χ1) is 12.8. The van der Waals surface area contributed by atoms with Crippen molar-refractivity contribution in [2.24, 2.45) is 0 Å². The number of nitrogens with one attached hydrogen (secondary N) is 1. The maximum absolute atomic E-state index is 12.7. The van der Waals surface area contributed by atoms with Crippen LogP contribution in [-0.2, 0) is 4.79 Å². The molecule has 0 fully saturated rings. The first-order valence-electron chi connectivity index (χ1n) is 8.45. The number of aryl methyl sites for hydroxylation is 3. The molecule has 0 aliphatic rings. The molecule has 1 heterocycles. The van der Waals surface area contributed by atoms with Crippen molar-refractivity contribution < 1.29 is 4.79 Å². The molecule has 0 radical (unpaired) electrons. The molecule has 2 aromatic carbocycles. The second-order valence-electron chi connectivity index (χ2n) is 6.38. The lowest BCUT2D eigenvalue weighted by atomic mass is 10.1. The quantitative estimate of drug-likeness (QED) is 0.643. The molecule has 3 aromatic rings. The van der Waals surface area contributed by atoms with Gasteiger partial charge in [-0.25, -0.2) is 0 Å². The predicted octanol–water partition coefficient (Wildman–Crippen LogP) is 4.36. The zero-order valence-corrected chi connectivity index (χ0v) is 17.1. The van der Waals surface area contributed by atoms with Crippen LogP contribution in [0.1, 0.15) is 23.6 Å². The van der Waals surface area contributed by atoms with E-state index in [9.17, 15) is 4.79 Å². The van der Waals surface area contributed by atoms with E-state index in [1.807, 2.05) is 39.8 Å². The minimum absolute atomic E-state index is 0.101. The van der Waals surface area contributed by atoms with Gasteiger partial charge in [-0.15, -0.1) is 5.10 Å². The van der Waals surface area contributed by atoms with Gasteiger partial charge in [0.1, 0.15) is 0 Å². The Bertz CT molecular complexity index is 965. The Balaban J connectivity index is 1.76. The SMILES string of the molecule is Cc1cc(C)c(NC(=O)[C@@H](C)Sc2nnnn2-c2cccc(Cl)c2)c(C)c1. The molecule has 0 unspecified atom stereocenters. The highest BCUT2D eigenvalue weighted by atomic mass is 35.5. The van der Waals surface area contributed by atoms with Gasteiger partial charge in [-0.1, -0.05) is 47.1 Å². The third-order valence-electron chi connectivity index (χ3n) is 4.07. The van der Waals surface area contributed by atoms with Crippen LogP contribution in [0.4, 0.5) is 5.69 Å². The minimum atomic E-state index is -0.381. The number of thioether (sulfide) groups is 1. The summed E-state index contributed by atoms with van der Waals surface area (Å²) in [6.07, 6.45) is 0. The summed E-state index contributed by atoms with van der Waals surface area (Å²) in [6, 6.07) is 11.3. The highest BCUT2D eigenvalue weighted by molar-refractivity contribution is 8.00. The molecule has 8 heteroatoms. The third-order valence-corrected chi connectivity index (χ3v) is 5.34. The predicted molar refractivity (Wildman–Crippen MR) is 109 cm³/mol. The first-order valence-corrected chi connectivity index (χ1v) is 9.70. The highest BCUT2D eigenvalue weighted by Crippen LogP contribution is 2.27. The molecule has 3 rings (SSSR count). The second kappa shape index (κ2) is 8.10. The molecule has 0 saturated heterocycles. The number of halogens is 1. The van der Waals surface area contributed by atoms with Gasteiger partial charge in [0.15, 0.2) is 0 Å². The minimum Gasteiger partial charge on any atom is -0.325 e. The molecule has 1 atom stereocenters. The first kappa shape index (κ1) is 19.4. The lowest BCUT2D eigenvalue weighted by molar-refractivity contribution is -0.115. The van der Waals surface area contributed by atoms with Crippen molar-refractivity contribution in [3.8, 4) is 5.69 Å². The number of benzene rings is 2. The summed E-state index contributed by atoms with van der Waals surface area (Å²) >= 11 is 7.34. The fourth-order valence-corrected chi connectivity index (χ4v) is 3.83. The fraction of sp³-hybridized carbons (Fsp3) is 0.263. The van der Waals surface area contributed by atoms with E-state index in [2.05, 4.69) is 33.0 Å². The lowest BCUT2D eigenvalue weighted by Crippen LogP contribution is -2.24. The zero-order valence-electron chi connectivity index (χ0n) is 15.5. The van der Waals surface area contributed by atoms with Crippen molar-refractivity contribution in [3.63, 3.8) is 0 Å². The van der Waals surface area contributed by atoms with Crippen LogP contribution in [0.5, 0.6) is 0 Å². The highest BCUT2D eigenvalue weighted by Gasteiger charge is 2.20. The Labute approximate surface area is 167 Å². The summed E-state index contributed by atoms with van der Waals surface area (Å²) in [5, 5.41) is 15.5. The number of aromatic nitrogens is 4. The van der Waals surface area contributed by atoms with E-state index in [1.165, 1.54) is 17.3 Å². The molecule has 140 valence electrons. The zero-order chi connectivity index (χ0) is 19.6. The summed E-state index contributed by atoms with van der Waals surface area (Å²) < 4.78 is 1.57. The van der Waals surface area contributed by atoms with E-state index in [4.69, 9.17) is 11.6 Å². The van der Waals surface area contributed by atoms with Gasteiger partial charge in [-0.2, -0.15) is 4.68 Å². The van der Waals surface area contributed by atoms with Crippen LogP contribution in [0.2, 0.25) is 5.02 Å². The lowest BCUT2D eigenvalue weighted by Gasteiger charge is -2.16. The van der Waals surface area contributed by atoms with Crippen molar-refractivity contribution >= 4 is 35.0 Å². The standard InChI is InChI=1S/C19H20ClN5OS/c1-11-8-12(2)17(13(3)9-11)21-18(26)14(4)27-19-22-23-24-25(19)16-7-5-6-15(20)10-16/h5-10,14H,1-4H3,(H,21,26)/t14-/m1/s1. The van der Waals surface area contributed by atoms with E-state index in [0.29, 0.717) is 10.2 Å². The molecule has 0 aliphatic heterocycles. The molecule has 1 amide bonds. The molecule has 0 spiro atoms. The van der Waals surface area contributed by atoms with Crippen LogP contribution in [0.25, 0.3) is 5.69 Å². The average Bonchev–Trinajstić information content (AvgIpc) is 3.06. The summed E-state index contributed by atoms with van der Waals surface area (Å²) in [7, 11) is 0. The van der Waals surface area contributed by atoms with E-state index < -0.39 is 0 Å². The Morgan fingerprint density at radius 3 is 2.56 bits per heavy atom. The third kappa shape index (κ3) is 4.48. The fourth-order valence-electron chi connectivity index (χ4n) is 2.84. The van der Waals surface area contributed by atoms with Crippen LogP contribution >= 0.6 is 23.4 Å². The van der Waals surface area contributed by atoms with Gasteiger partial charge in [0.25, 0.3) is 0 Å². The van der Waals surface area contributed by atoms with Gasteiger partial charge in [-0.3, -0.25) is 4.79 Å². The van der Waals surface area contributed by atoms with Gasteiger partial charge in [0, 0.05) is 10.7 Å². The normalized spacial score (nSPS) is 12.0. The number of amides is 1. The Morgan fingerprint density at radius 1 is 1.19 bits per heavy atom. The van der Waals surface area contributed by atoms with E-state index in [0.717, 1.165) is 22.5 Å². The van der Waals surface area contributed by atoms with Crippen molar-refractivity contribution in [2.45, 2.75) is 38.1 Å². The molecule has 1 N–H and O–H groups in total. The van der Waals surface area contributed by atoms with Crippen LogP contribution in [0, 0.1) is 20.8 Å². The summed E-state index contributed by atoms with van der Waals surface area (Å²) in [5.74, 6) is -0.101. The average molecular weight is 402 g/mol. The topological polar surface area (TPSA) is 72.7 Å². The Kier molecular flexibility index (Phi) is 5.82. The van der Waals surface area contributed by atoms with Gasteiger partial charge in [0.2, 0.25) is 11.1 Å². The van der Waals surface area contributed by atoms with Crippen LogP contribution in [0.3, 0.4) is 0 Å². The number of carbonyl (C=O) groups excluding carboxylic acids is 1. The van der Waals surface area contributed by atoms with Gasteiger partial charge in [-0.05, 0) is 67.4 Å². The van der Waals surface area contributed by atoms with Crippen LogP contribution < -0.4 is 5.32 Å². The van der Waals surface area contributed by atoms with Crippen molar-refractivity contribution in [2.75, 3.05) is 5.32 Å². The summed E-state index contributed by atoms with van der Waals surface area (Å²) in [5.41, 5.74) is 4.86. The molecule has 0 bridgehead atoms. The number of rotatable bonds is 5. The summed E-state index contributed by atoms with van der Waals surface area (Å²) in [6.45, 7) is 7.86. The van der Waals surface area contributed by atoms with E-state index in [1.54, 1.807) is 16.8 Å². The maximum atomic E-state index is 12.7. The molecule has 6 nitrogen and oxygen atoms in total. The number of carbonyl (C=O) groups is 1. The van der Waals surface area contributed by atoms with Crippen molar-refractivity contribution in [1.82, 2.24) is 20.2 Å². The Morgan fingerprint density at radius 2 is 1.89 bits per heavy atom. The maximum Gasteiger partial charge on any atom is 0.237 e. The number of anilines is 1. The molecule has 27 heavy (non-hydrogen) atoms. The van der Waals surface area contributed by atoms with Crippen LogP contribution in [-0.4, -0.2) is 31.4 Å². The van der Waals surface area contributed by atoms with Crippen molar-refractivity contribution in [1.29, 1.82) is 0 Å². The number of hydrogen-bond donors (Lipinski definition) is 1. The smallest absolute Gasteiger partial charge is 0.237 e. The van der Waals surface area contributed by atoms with Crippen LogP contribution in [0.15, 0.2) is 41.6 Å². The Hall–Kier alpha value is -2.38. The molecule has 0 saturated carbocycles.